The first-order chi connectivity index (χ1) is 8.47. The Balaban J connectivity index is 1.98. The number of benzene rings is 1. The van der Waals surface area contributed by atoms with Crippen LogP contribution in [0.15, 0.2) is 18.2 Å². The van der Waals surface area contributed by atoms with Crippen molar-refractivity contribution < 1.29 is 9.84 Å². The minimum atomic E-state index is -0.457. The molecule has 100 valence electrons. The maximum Gasteiger partial charge on any atom is 0.121 e. The van der Waals surface area contributed by atoms with E-state index in [0.717, 1.165) is 18.7 Å². The van der Waals surface area contributed by atoms with E-state index in [4.69, 9.17) is 4.74 Å². The molecular formula is C15H23NO2. The number of nitrogens with one attached hydrogen (secondary N) is 1. The van der Waals surface area contributed by atoms with Crippen LogP contribution in [0.25, 0.3) is 0 Å². The Labute approximate surface area is 109 Å². The number of aryl methyl sites for hydroxylation is 1. The maximum atomic E-state index is 9.94. The first kappa shape index (κ1) is 13.2. The third-order valence-corrected chi connectivity index (χ3v) is 3.43. The molecule has 0 bridgehead atoms. The quantitative estimate of drug-likeness (QED) is 0.865. The first-order valence-electron chi connectivity index (χ1n) is 6.64. The number of aliphatic hydroxyl groups excluding tert-OH is 1. The van der Waals surface area contributed by atoms with E-state index in [0.29, 0.717) is 6.61 Å². The summed E-state index contributed by atoms with van der Waals surface area (Å²) in [7, 11) is 0. The lowest BCUT2D eigenvalue weighted by Crippen LogP contribution is -2.31. The lowest BCUT2D eigenvalue weighted by Gasteiger charge is -2.26. The Morgan fingerprint density at radius 3 is 2.89 bits per heavy atom. The zero-order valence-electron chi connectivity index (χ0n) is 11.5. The van der Waals surface area contributed by atoms with Crippen molar-refractivity contribution in [1.82, 2.24) is 0 Å². The average Bonchev–Trinajstić information content (AvgIpc) is 2.34. The SMILES string of the molecule is CC(C)(C)C(O)COc1ccc2c(c1)NCCC2. The number of hydrogen-bond acceptors (Lipinski definition) is 3. The highest BCUT2D eigenvalue weighted by Crippen LogP contribution is 2.27. The highest BCUT2D eigenvalue weighted by molar-refractivity contribution is 5.56. The second kappa shape index (κ2) is 5.19. The molecule has 0 saturated carbocycles. The van der Waals surface area contributed by atoms with Crippen molar-refractivity contribution in [3.63, 3.8) is 0 Å². The fourth-order valence-corrected chi connectivity index (χ4v) is 1.95. The van der Waals surface area contributed by atoms with E-state index in [9.17, 15) is 5.11 Å². The molecule has 3 heteroatoms. The highest BCUT2D eigenvalue weighted by atomic mass is 16.5. The molecule has 0 aromatic heterocycles. The van der Waals surface area contributed by atoms with E-state index in [1.54, 1.807) is 0 Å². The van der Waals surface area contributed by atoms with E-state index in [1.165, 1.54) is 17.7 Å². The van der Waals surface area contributed by atoms with E-state index >= 15 is 0 Å². The molecule has 0 radical (unpaired) electrons. The molecule has 1 aliphatic rings. The van der Waals surface area contributed by atoms with Crippen LogP contribution in [0.2, 0.25) is 0 Å². The molecule has 0 saturated heterocycles. The summed E-state index contributed by atoms with van der Waals surface area (Å²) in [5.74, 6) is 0.825. The van der Waals surface area contributed by atoms with Crippen LogP contribution >= 0.6 is 0 Å². The van der Waals surface area contributed by atoms with Crippen LogP contribution in [0, 0.1) is 5.41 Å². The van der Waals surface area contributed by atoms with Gasteiger partial charge < -0.3 is 15.2 Å². The van der Waals surface area contributed by atoms with E-state index in [-0.39, 0.29) is 5.41 Å². The monoisotopic (exact) mass is 249 g/mol. The number of aliphatic hydroxyl groups is 1. The third-order valence-electron chi connectivity index (χ3n) is 3.43. The molecule has 2 N–H and O–H groups in total. The zero-order chi connectivity index (χ0) is 13.2. The van der Waals surface area contributed by atoms with E-state index in [1.807, 2.05) is 32.9 Å². The van der Waals surface area contributed by atoms with Crippen LogP contribution in [-0.2, 0) is 6.42 Å². The lowest BCUT2D eigenvalue weighted by molar-refractivity contribution is 0.0218. The Morgan fingerprint density at radius 1 is 1.39 bits per heavy atom. The van der Waals surface area contributed by atoms with Gasteiger partial charge in [0.05, 0.1) is 6.10 Å². The smallest absolute Gasteiger partial charge is 0.121 e. The molecular weight excluding hydrogens is 226 g/mol. The summed E-state index contributed by atoms with van der Waals surface area (Å²) in [6.45, 7) is 7.39. The number of fused-ring (bicyclic) bond motifs is 1. The van der Waals surface area contributed by atoms with Gasteiger partial charge in [-0.25, -0.2) is 0 Å². The Morgan fingerprint density at radius 2 is 2.17 bits per heavy atom. The first-order valence-corrected chi connectivity index (χ1v) is 6.64. The van der Waals surface area contributed by atoms with Crippen LogP contribution in [-0.4, -0.2) is 24.4 Å². The summed E-state index contributed by atoms with van der Waals surface area (Å²) in [6, 6.07) is 6.13. The molecule has 1 heterocycles. The lowest BCUT2D eigenvalue weighted by atomic mass is 9.90. The number of hydrogen-bond donors (Lipinski definition) is 2. The largest absolute Gasteiger partial charge is 0.491 e. The van der Waals surface area contributed by atoms with Crippen LogP contribution in [0.5, 0.6) is 5.75 Å². The van der Waals surface area contributed by atoms with Crippen molar-refractivity contribution in [3.8, 4) is 5.75 Å². The number of ether oxygens (including phenoxy) is 1. The van der Waals surface area contributed by atoms with Gasteiger partial charge in [0, 0.05) is 18.3 Å². The van der Waals surface area contributed by atoms with Crippen molar-refractivity contribution in [2.24, 2.45) is 5.41 Å². The Hall–Kier alpha value is -1.22. The Kier molecular flexibility index (Phi) is 3.81. The van der Waals surface area contributed by atoms with Crippen molar-refractivity contribution in [2.75, 3.05) is 18.5 Å². The van der Waals surface area contributed by atoms with Gasteiger partial charge in [0.25, 0.3) is 0 Å². The van der Waals surface area contributed by atoms with Crippen LogP contribution in [0.4, 0.5) is 5.69 Å². The zero-order valence-corrected chi connectivity index (χ0v) is 11.5. The minimum Gasteiger partial charge on any atom is -0.491 e. The van der Waals surface area contributed by atoms with Gasteiger partial charge in [-0.2, -0.15) is 0 Å². The summed E-state index contributed by atoms with van der Waals surface area (Å²) in [5, 5.41) is 13.3. The van der Waals surface area contributed by atoms with Gasteiger partial charge in [0.2, 0.25) is 0 Å². The van der Waals surface area contributed by atoms with Crippen LogP contribution in [0.1, 0.15) is 32.8 Å². The topological polar surface area (TPSA) is 41.5 Å². The summed E-state index contributed by atoms with van der Waals surface area (Å²) in [6.07, 6.45) is 1.87. The average molecular weight is 249 g/mol. The molecule has 1 unspecified atom stereocenters. The fourth-order valence-electron chi connectivity index (χ4n) is 1.95. The predicted molar refractivity (Wildman–Crippen MR) is 74.2 cm³/mol. The summed E-state index contributed by atoms with van der Waals surface area (Å²) >= 11 is 0. The third kappa shape index (κ3) is 3.16. The molecule has 0 fully saturated rings. The highest BCUT2D eigenvalue weighted by Gasteiger charge is 2.22. The molecule has 0 aliphatic carbocycles. The summed E-state index contributed by atoms with van der Waals surface area (Å²) < 4.78 is 5.67. The van der Waals surface area contributed by atoms with Crippen LogP contribution in [0.3, 0.4) is 0 Å². The van der Waals surface area contributed by atoms with Gasteiger partial charge in [-0.3, -0.25) is 0 Å². The number of anilines is 1. The summed E-state index contributed by atoms with van der Waals surface area (Å²) in [4.78, 5) is 0. The van der Waals surface area contributed by atoms with Crippen LogP contribution < -0.4 is 10.1 Å². The molecule has 3 nitrogen and oxygen atoms in total. The van der Waals surface area contributed by atoms with Gasteiger partial charge in [-0.15, -0.1) is 0 Å². The molecule has 1 aromatic rings. The van der Waals surface area contributed by atoms with Gasteiger partial charge in [-0.05, 0) is 29.9 Å². The molecule has 1 atom stereocenters. The van der Waals surface area contributed by atoms with E-state index in [2.05, 4.69) is 11.4 Å². The van der Waals surface area contributed by atoms with Gasteiger partial charge in [-0.1, -0.05) is 26.8 Å². The fraction of sp³-hybridized carbons (Fsp3) is 0.600. The van der Waals surface area contributed by atoms with Crippen molar-refractivity contribution in [3.05, 3.63) is 23.8 Å². The molecule has 0 spiro atoms. The summed E-state index contributed by atoms with van der Waals surface area (Å²) in [5.41, 5.74) is 2.38. The van der Waals surface area contributed by atoms with Gasteiger partial charge >= 0.3 is 0 Å². The predicted octanol–water partition coefficient (Wildman–Crippen LogP) is 2.83. The van der Waals surface area contributed by atoms with Gasteiger partial charge in [0.1, 0.15) is 12.4 Å². The molecule has 2 rings (SSSR count). The number of rotatable bonds is 3. The molecule has 18 heavy (non-hydrogen) atoms. The van der Waals surface area contributed by atoms with Crippen molar-refractivity contribution in [1.29, 1.82) is 0 Å². The van der Waals surface area contributed by atoms with Crippen molar-refractivity contribution in [2.45, 2.75) is 39.7 Å². The minimum absolute atomic E-state index is 0.146. The second-order valence-electron chi connectivity index (χ2n) is 6.04. The van der Waals surface area contributed by atoms with Crippen molar-refractivity contribution >= 4 is 5.69 Å². The normalized spacial score (nSPS) is 16.7. The Bertz CT molecular complexity index is 409. The molecule has 0 amide bonds. The molecule has 1 aliphatic heterocycles. The maximum absolute atomic E-state index is 9.94. The van der Waals surface area contributed by atoms with Gasteiger partial charge in [0.15, 0.2) is 0 Å². The van der Waals surface area contributed by atoms with E-state index < -0.39 is 6.10 Å². The standard InChI is InChI=1S/C15H23NO2/c1-15(2,3)14(17)10-18-12-7-6-11-5-4-8-16-13(11)9-12/h6-7,9,14,16-17H,4-5,8,10H2,1-3H3. The second-order valence-corrected chi connectivity index (χ2v) is 6.04. The molecule has 1 aromatic carbocycles.